The first-order valence-corrected chi connectivity index (χ1v) is 6.79. The molecule has 0 fully saturated rings. The Hall–Kier alpha value is -1.62. The normalized spacial score (nSPS) is 10.4. The Labute approximate surface area is 113 Å². The van der Waals surface area contributed by atoms with Crippen molar-refractivity contribution in [1.29, 1.82) is 0 Å². The van der Waals surface area contributed by atoms with Crippen LogP contribution < -0.4 is 10.5 Å². The summed E-state index contributed by atoms with van der Waals surface area (Å²) in [4.78, 5) is 10.5. The highest BCUT2D eigenvalue weighted by atomic mass is 16.6. The maximum Gasteiger partial charge on any atom is 0.310 e. The summed E-state index contributed by atoms with van der Waals surface area (Å²) in [5.74, 6) is 0.323. The van der Waals surface area contributed by atoms with Gasteiger partial charge in [0.1, 0.15) is 0 Å². The van der Waals surface area contributed by atoms with Crippen LogP contribution in [0.5, 0.6) is 5.75 Å². The summed E-state index contributed by atoms with van der Waals surface area (Å²) in [6.45, 7) is 3.03. The Bertz CT molecular complexity index is 408. The summed E-state index contributed by atoms with van der Waals surface area (Å²) in [5.41, 5.74) is 6.37. The topological polar surface area (TPSA) is 78.4 Å². The first-order chi connectivity index (χ1) is 9.19. The summed E-state index contributed by atoms with van der Waals surface area (Å²) in [7, 11) is 0. The third-order valence-electron chi connectivity index (χ3n) is 2.96. The largest absolute Gasteiger partial charge is 0.487 e. The second kappa shape index (κ2) is 8.48. The molecule has 0 aliphatic heterocycles. The molecule has 1 rings (SSSR count). The molecular weight excluding hydrogens is 244 g/mol. The van der Waals surface area contributed by atoms with E-state index in [1.54, 1.807) is 12.1 Å². The number of nitrogens with two attached hydrogens (primary N) is 1. The summed E-state index contributed by atoms with van der Waals surface area (Å²) >= 11 is 0. The molecule has 5 heteroatoms. The number of ether oxygens (including phenoxy) is 1. The van der Waals surface area contributed by atoms with Gasteiger partial charge in [-0.05, 0) is 18.1 Å². The maximum absolute atomic E-state index is 10.9. The van der Waals surface area contributed by atoms with E-state index in [9.17, 15) is 10.1 Å². The van der Waals surface area contributed by atoms with E-state index in [2.05, 4.69) is 6.92 Å². The minimum Gasteiger partial charge on any atom is -0.487 e. The predicted octanol–water partition coefficient (Wildman–Crippen LogP) is 3.40. The van der Waals surface area contributed by atoms with Crippen LogP contribution in [0.2, 0.25) is 0 Å². The minimum atomic E-state index is -0.424. The van der Waals surface area contributed by atoms with Crippen molar-refractivity contribution in [3.05, 3.63) is 33.9 Å². The molecule has 0 saturated carbocycles. The Morgan fingerprint density at radius 1 is 1.26 bits per heavy atom. The number of hydrogen-bond acceptors (Lipinski definition) is 4. The predicted molar refractivity (Wildman–Crippen MR) is 75.2 cm³/mol. The zero-order valence-corrected chi connectivity index (χ0v) is 11.4. The number of nitro benzene ring substituents is 1. The molecule has 0 aliphatic rings. The van der Waals surface area contributed by atoms with Gasteiger partial charge in [-0.25, -0.2) is 0 Å². The molecule has 0 atom stereocenters. The van der Waals surface area contributed by atoms with Gasteiger partial charge < -0.3 is 10.5 Å². The van der Waals surface area contributed by atoms with Gasteiger partial charge in [0.05, 0.1) is 11.5 Å². The van der Waals surface area contributed by atoms with Gasteiger partial charge >= 0.3 is 5.69 Å². The molecular formula is C14H22N2O3. The van der Waals surface area contributed by atoms with Crippen LogP contribution in [0.1, 0.15) is 44.6 Å². The van der Waals surface area contributed by atoms with Crippen molar-refractivity contribution in [3.63, 3.8) is 0 Å². The number of unbranched alkanes of at least 4 members (excludes halogenated alkanes) is 4. The van der Waals surface area contributed by atoms with Gasteiger partial charge in [-0.2, -0.15) is 0 Å². The fourth-order valence-corrected chi connectivity index (χ4v) is 1.84. The molecule has 0 spiro atoms. The van der Waals surface area contributed by atoms with Crippen molar-refractivity contribution in [3.8, 4) is 5.75 Å². The van der Waals surface area contributed by atoms with Crippen LogP contribution >= 0.6 is 0 Å². The Kier molecular flexibility index (Phi) is 6.89. The van der Waals surface area contributed by atoms with Gasteiger partial charge in [0.2, 0.25) is 0 Å². The second-order valence-corrected chi connectivity index (χ2v) is 4.53. The van der Waals surface area contributed by atoms with E-state index < -0.39 is 4.92 Å². The zero-order chi connectivity index (χ0) is 14.1. The average Bonchev–Trinajstić information content (AvgIpc) is 2.42. The number of nitrogens with zero attached hydrogens (tertiary/aromatic N) is 1. The van der Waals surface area contributed by atoms with Gasteiger partial charge in [-0.1, -0.05) is 38.7 Å². The lowest BCUT2D eigenvalue weighted by Crippen LogP contribution is -2.03. The van der Waals surface area contributed by atoms with E-state index in [1.807, 2.05) is 0 Å². The average molecular weight is 266 g/mol. The first-order valence-electron chi connectivity index (χ1n) is 6.79. The van der Waals surface area contributed by atoms with E-state index in [0.29, 0.717) is 18.9 Å². The Morgan fingerprint density at radius 2 is 2.00 bits per heavy atom. The van der Waals surface area contributed by atoms with E-state index in [-0.39, 0.29) is 5.69 Å². The highest BCUT2D eigenvalue weighted by Gasteiger charge is 2.15. The molecule has 0 heterocycles. The lowest BCUT2D eigenvalue weighted by Gasteiger charge is -2.08. The molecule has 0 saturated heterocycles. The SMILES string of the molecule is CCCCCCCOc1cc(CN)ccc1[N+](=O)[O-]. The van der Waals surface area contributed by atoms with Crippen LogP contribution in [0.25, 0.3) is 0 Å². The molecule has 1 aromatic rings. The van der Waals surface area contributed by atoms with Crippen LogP contribution in [-0.4, -0.2) is 11.5 Å². The monoisotopic (exact) mass is 266 g/mol. The molecule has 5 nitrogen and oxygen atoms in total. The van der Waals surface area contributed by atoms with E-state index in [1.165, 1.54) is 25.3 Å². The molecule has 19 heavy (non-hydrogen) atoms. The maximum atomic E-state index is 10.9. The van der Waals surface area contributed by atoms with Gasteiger partial charge in [-0.3, -0.25) is 10.1 Å². The van der Waals surface area contributed by atoms with Crippen molar-refractivity contribution in [2.45, 2.75) is 45.6 Å². The quantitative estimate of drug-likeness (QED) is 0.422. The summed E-state index contributed by atoms with van der Waals surface area (Å²) < 4.78 is 5.52. The van der Waals surface area contributed by atoms with Crippen LogP contribution in [0.4, 0.5) is 5.69 Å². The highest BCUT2D eigenvalue weighted by Crippen LogP contribution is 2.28. The Balaban J connectivity index is 2.52. The summed E-state index contributed by atoms with van der Waals surface area (Å²) in [6, 6.07) is 4.77. The van der Waals surface area contributed by atoms with Crippen molar-refractivity contribution in [2.75, 3.05) is 6.61 Å². The minimum absolute atomic E-state index is 0.00533. The van der Waals surface area contributed by atoms with Crippen molar-refractivity contribution in [2.24, 2.45) is 5.73 Å². The standard InChI is InChI=1S/C14H22N2O3/c1-2-3-4-5-6-9-19-14-10-12(11-15)7-8-13(14)16(17)18/h7-8,10H,2-6,9,11,15H2,1H3. The molecule has 0 unspecified atom stereocenters. The summed E-state index contributed by atoms with van der Waals surface area (Å²) in [6.07, 6.45) is 5.63. The molecule has 2 N–H and O–H groups in total. The number of rotatable bonds is 9. The fourth-order valence-electron chi connectivity index (χ4n) is 1.84. The fraction of sp³-hybridized carbons (Fsp3) is 0.571. The van der Waals surface area contributed by atoms with Crippen LogP contribution in [0.3, 0.4) is 0 Å². The summed E-state index contributed by atoms with van der Waals surface area (Å²) in [5, 5.41) is 10.9. The lowest BCUT2D eigenvalue weighted by atomic mass is 10.1. The molecule has 0 bridgehead atoms. The zero-order valence-electron chi connectivity index (χ0n) is 11.4. The van der Waals surface area contributed by atoms with Gasteiger partial charge in [0, 0.05) is 12.6 Å². The highest BCUT2D eigenvalue weighted by molar-refractivity contribution is 5.48. The second-order valence-electron chi connectivity index (χ2n) is 4.53. The number of hydrogen-bond donors (Lipinski definition) is 1. The molecule has 106 valence electrons. The van der Waals surface area contributed by atoms with Crippen molar-refractivity contribution < 1.29 is 9.66 Å². The van der Waals surface area contributed by atoms with Crippen molar-refractivity contribution >= 4 is 5.69 Å². The number of benzene rings is 1. The van der Waals surface area contributed by atoms with Crippen LogP contribution in [0.15, 0.2) is 18.2 Å². The van der Waals surface area contributed by atoms with Gasteiger partial charge in [-0.15, -0.1) is 0 Å². The lowest BCUT2D eigenvalue weighted by molar-refractivity contribution is -0.385. The third-order valence-corrected chi connectivity index (χ3v) is 2.96. The molecule has 1 aromatic carbocycles. The van der Waals surface area contributed by atoms with Gasteiger partial charge in [0.15, 0.2) is 5.75 Å². The Morgan fingerprint density at radius 3 is 2.63 bits per heavy atom. The first kappa shape index (κ1) is 15.4. The van der Waals surface area contributed by atoms with Crippen LogP contribution in [-0.2, 0) is 6.54 Å². The van der Waals surface area contributed by atoms with Crippen LogP contribution in [0, 0.1) is 10.1 Å². The third kappa shape index (κ3) is 5.26. The molecule has 0 amide bonds. The van der Waals surface area contributed by atoms with Gasteiger partial charge in [0.25, 0.3) is 0 Å². The smallest absolute Gasteiger partial charge is 0.310 e. The molecule has 0 aromatic heterocycles. The molecule has 0 aliphatic carbocycles. The molecule has 0 radical (unpaired) electrons. The van der Waals surface area contributed by atoms with Crippen molar-refractivity contribution in [1.82, 2.24) is 0 Å². The van der Waals surface area contributed by atoms with E-state index in [0.717, 1.165) is 18.4 Å². The number of nitro groups is 1. The van der Waals surface area contributed by atoms with E-state index in [4.69, 9.17) is 10.5 Å². The van der Waals surface area contributed by atoms with E-state index >= 15 is 0 Å².